The summed E-state index contributed by atoms with van der Waals surface area (Å²) in [5.74, 6) is 0. The topological polar surface area (TPSA) is 24.5 Å². The van der Waals surface area contributed by atoms with Gasteiger partial charge in [0.05, 0.1) is 12.7 Å². The minimum Gasteiger partial charge on any atom is -0.374 e. The molecule has 0 bridgehead atoms. The van der Waals surface area contributed by atoms with Gasteiger partial charge in [0.25, 0.3) is 0 Å². The zero-order valence-electron chi connectivity index (χ0n) is 6.34. The van der Waals surface area contributed by atoms with Crippen molar-refractivity contribution in [3.05, 3.63) is 0 Å². The van der Waals surface area contributed by atoms with E-state index in [2.05, 4.69) is 17.3 Å². The number of morpholine rings is 1. The Morgan fingerprint density at radius 2 is 2.40 bits per heavy atom. The number of likely N-dealkylation sites (tertiary alicyclic amines) is 1. The molecule has 2 aliphatic heterocycles. The summed E-state index contributed by atoms with van der Waals surface area (Å²) in [6, 6.07) is 0.596. The van der Waals surface area contributed by atoms with Gasteiger partial charge < -0.3 is 15.0 Å². The molecule has 0 amide bonds. The Morgan fingerprint density at radius 1 is 1.50 bits per heavy atom. The van der Waals surface area contributed by atoms with E-state index in [4.69, 9.17) is 4.74 Å². The first-order valence-corrected chi connectivity index (χ1v) is 3.90. The molecule has 2 saturated heterocycles. The highest BCUT2D eigenvalue weighted by Gasteiger charge is 2.33. The molecule has 10 heavy (non-hydrogen) atoms. The number of hydrogen-bond donors (Lipinski definition) is 1. The maximum Gasteiger partial charge on any atom is 0.0867 e. The Bertz CT molecular complexity index is 115. The third-order valence-electron chi connectivity index (χ3n) is 2.29. The Morgan fingerprint density at radius 3 is 3.20 bits per heavy atom. The molecule has 3 heteroatoms. The Balaban J connectivity index is 1.97. The van der Waals surface area contributed by atoms with Crippen LogP contribution in [0, 0.1) is 0 Å². The third-order valence-corrected chi connectivity index (χ3v) is 2.29. The SMILES string of the molecule is CN1C[C@@H]2NCCO[C@H]2C1. The van der Waals surface area contributed by atoms with Crippen LogP contribution >= 0.6 is 0 Å². The lowest BCUT2D eigenvalue weighted by molar-refractivity contribution is 0.0184. The molecule has 0 radical (unpaired) electrons. The molecule has 0 aromatic heterocycles. The quantitative estimate of drug-likeness (QED) is 0.483. The molecule has 2 atom stereocenters. The summed E-state index contributed by atoms with van der Waals surface area (Å²) in [5, 5.41) is 3.44. The van der Waals surface area contributed by atoms with Gasteiger partial charge in [0.2, 0.25) is 0 Å². The molecule has 58 valence electrons. The summed E-state index contributed by atoms with van der Waals surface area (Å²) in [5.41, 5.74) is 0. The number of nitrogens with one attached hydrogen (secondary N) is 1. The Labute approximate surface area is 61.3 Å². The monoisotopic (exact) mass is 142 g/mol. The predicted molar refractivity (Wildman–Crippen MR) is 39.0 cm³/mol. The fourth-order valence-corrected chi connectivity index (χ4v) is 1.78. The van der Waals surface area contributed by atoms with Crippen molar-refractivity contribution in [3.8, 4) is 0 Å². The highest BCUT2D eigenvalue weighted by atomic mass is 16.5. The highest BCUT2D eigenvalue weighted by Crippen LogP contribution is 2.13. The molecule has 2 rings (SSSR count). The van der Waals surface area contributed by atoms with Crippen LogP contribution in [0.25, 0.3) is 0 Å². The normalized spacial score (nSPS) is 41.7. The summed E-state index contributed by atoms with van der Waals surface area (Å²) in [6.45, 7) is 4.15. The largest absolute Gasteiger partial charge is 0.374 e. The van der Waals surface area contributed by atoms with Crippen molar-refractivity contribution in [2.75, 3.05) is 33.3 Å². The molecule has 2 heterocycles. The van der Waals surface area contributed by atoms with Gasteiger partial charge in [-0.1, -0.05) is 0 Å². The van der Waals surface area contributed by atoms with Crippen molar-refractivity contribution in [2.24, 2.45) is 0 Å². The third kappa shape index (κ3) is 1.05. The summed E-state index contributed by atoms with van der Waals surface area (Å²) in [7, 11) is 2.14. The van der Waals surface area contributed by atoms with E-state index in [-0.39, 0.29) is 0 Å². The maximum atomic E-state index is 5.57. The lowest BCUT2D eigenvalue weighted by Gasteiger charge is -2.25. The number of hydrogen-bond acceptors (Lipinski definition) is 3. The van der Waals surface area contributed by atoms with Gasteiger partial charge in [0, 0.05) is 25.7 Å². The first-order valence-electron chi connectivity index (χ1n) is 3.90. The van der Waals surface area contributed by atoms with Crippen LogP contribution in [0.4, 0.5) is 0 Å². The van der Waals surface area contributed by atoms with Crippen LogP contribution in [-0.4, -0.2) is 50.3 Å². The van der Waals surface area contributed by atoms with E-state index in [9.17, 15) is 0 Å². The van der Waals surface area contributed by atoms with E-state index in [0.29, 0.717) is 12.1 Å². The Hall–Kier alpha value is -0.120. The molecule has 1 N–H and O–H groups in total. The van der Waals surface area contributed by atoms with Crippen LogP contribution in [0.5, 0.6) is 0 Å². The van der Waals surface area contributed by atoms with Gasteiger partial charge >= 0.3 is 0 Å². The minimum atomic E-state index is 0.457. The van der Waals surface area contributed by atoms with Crippen LogP contribution in [-0.2, 0) is 4.74 Å². The summed E-state index contributed by atoms with van der Waals surface area (Å²) >= 11 is 0. The number of fused-ring (bicyclic) bond motifs is 1. The molecular weight excluding hydrogens is 128 g/mol. The van der Waals surface area contributed by atoms with Crippen molar-refractivity contribution < 1.29 is 4.74 Å². The van der Waals surface area contributed by atoms with Crippen LogP contribution in [0.2, 0.25) is 0 Å². The van der Waals surface area contributed by atoms with Crippen molar-refractivity contribution in [2.45, 2.75) is 12.1 Å². The lowest BCUT2D eigenvalue weighted by atomic mass is 10.2. The van der Waals surface area contributed by atoms with Crippen LogP contribution in [0.15, 0.2) is 0 Å². The molecule has 0 spiro atoms. The molecule has 0 aliphatic carbocycles. The first-order chi connectivity index (χ1) is 4.86. The molecule has 0 aromatic rings. The Kier molecular flexibility index (Phi) is 1.64. The van der Waals surface area contributed by atoms with Gasteiger partial charge in [-0.3, -0.25) is 0 Å². The number of likely N-dealkylation sites (N-methyl/N-ethyl adjacent to an activating group) is 1. The second-order valence-electron chi connectivity index (χ2n) is 3.19. The van der Waals surface area contributed by atoms with Crippen LogP contribution < -0.4 is 5.32 Å². The van der Waals surface area contributed by atoms with Gasteiger partial charge in [-0.2, -0.15) is 0 Å². The fraction of sp³-hybridized carbons (Fsp3) is 1.00. The predicted octanol–water partition coefficient (Wildman–Crippen LogP) is -0.711. The van der Waals surface area contributed by atoms with Gasteiger partial charge in [-0.25, -0.2) is 0 Å². The number of nitrogens with zero attached hydrogens (tertiary/aromatic N) is 1. The van der Waals surface area contributed by atoms with Gasteiger partial charge in [-0.15, -0.1) is 0 Å². The van der Waals surface area contributed by atoms with E-state index in [1.54, 1.807) is 0 Å². The smallest absolute Gasteiger partial charge is 0.0867 e. The van der Waals surface area contributed by atoms with Crippen LogP contribution in [0.1, 0.15) is 0 Å². The van der Waals surface area contributed by atoms with Crippen molar-refractivity contribution in [1.82, 2.24) is 10.2 Å². The summed E-state index contributed by atoms with van der Waals surface area (Å²) < 4.78 is 5.57. The van der Waals surface area contributed by atoms with Gasteiger partial charge in [0.15, 0.2) is 0 Å². The minimum absolute atomic E-state index is 0.457. The molecule has 3 nitrogen and oxygen atoms in total. The molecule has 2 fully saturated rings. The standard InChI is InChI=1S/C7H14N2O/c1-9-4-6-7(5-9)10-3-2-8-6/h6-8H,2-5H2,1H3/t6-,7-/m0/s1. The van der Waals surface area contributed by atoms with Crippen molar-refractivity contribution in [3.63, 3.8) is 0 Å². The summed E-state index contributed by atoms with van der Waals surface area (Å²) in [6.07, 6.45) is 0.457. The van der Waals surface area contributed by atoms with Gasteiger partial charge in [0.1, 0.15) is 0 Å². The maximum absolute atomic E-state index is 5.57. The zero-order chi connectivity index (χ0) is 6.97. The first kappa shape index (κ1) is 6.58. The average molecular weight is 142 g/mol. The summed E-state index contributed by atoms with van der Waals surface area (Å²) in [4.78, 5) is 2.31. The molecule has 0 saturated carbocycles. The molecule has 0 aromatic carbocycles. The second kappa shape index (κ2) is 2.49. The van der Waals surface area contributed by atoms with E-state index in [1.807, 2.05) is 0 Å². The van der Waals surface area contributed by atoms with Gasteiger partial charge in [-0.05, 0) is 7.05 Å². The van der Waals surface area contributed by atoms with Crippen molar-refractivity contribution >= 4 is 0 Å². The van der Waals surface area contributed by atoms with E-state index in [1.165, 1.54) is 0 Å². The molecular formula is C7H14N2O. The van der Waals surface area contributed by atoms with E-state index >= 15 is 0 Å². The molecule has 0 unspecified atom stereocenters. The van der Waals surface area contributed by atoms with Crippen molar-refractivity contribution in [1.29, 1.82) is 0 Å². The van der Waals surface area contributed by atoms with E-state index < -0.39 is 0 Å². The van der Waals surface area contributed by atoms with Crippen LogP contribution in [0.3, 0.4) is 0 Å². The fourth-order valence-electron chi connectivity index (χ4n) is 1.78. The second-order valence-corrected chi connectivity index (χ2v) is 3.19. The highest BCUT2D eigenvalue weighted by molar-refractivity contribution is 4.90. The van der Waals surface area contributed by atoms with E-state index in [0.717, 1.165) is 26.2 Å². The number of ether oxygens (including phenoxy) is 1. The zero-order valence-corrected chi connectivity index (χ0v) is 6.34. The average Bonchev–Trinajstić information content (AvgIpc) is 2.27. The molecule has 2 aliphatic rings. The lowest BCUT2D eigenvalue weighted by Crippen LogP contribution is -2.47. The number of rotatable bonds is 0.